The number of hydrogen-bond donors (Lipinski definition) is 0. The van der Waals surface area contributed by atoms with Crippen LogP contribution in [0.4, 0.5) is 0 Å². The Kier molecular flexibility index (Phi) is 175. The monoisotopic (exact) mass is 282 g/mol. The normalized spacial score (nSPS) is 0.500. The first-order chi connectivity index (χ1) is 1.00. The Labute approximate surface area is 60.4 Å². The molecule has 0 amide bonds. The highest BCUT2D eigenvalue weighted by Gasteiger charge is 0.454. The van der Waals surface area contributed by atoms with Crippen LogP contribution in [0.3, 0.4) is 0 Å². The average molecular weight is 282 g/mol. The Morgan fingerprint density at radius 3 is 0.750 bits per heavy atom. The van der Waals surface area contributed by atoms with E-state index in [-0.39, 0.29) is 48.0 Å². The molecule has 0 aromatic rings. The summed E-state index contributed by atoms with van der Waals surface area (Å²) in [5.74, 6) is 0. The highest BCUT2D eigenvalue weighted by atomic mass is 127. The minimum absolute atomic E-state index is 0. The van der Waals surface area contributed by atoms with Crippen molar-refractivity contribution in [3.63, 3.8) is 0 Å². The van der Waals surface area contributed by atoms with E-state index < -0.39 is 0 Å². The zero-order valence-electron chi connectivity index (χ0n) is 1.97. The molecule has 2 heteroatoms. The van der Waals surface area contributed by atoms with E-state index in [0.29, 0.717) is 0 Å². The van der Waals surface area contributed by atoms with Gasteiger partial charge in [0.05, 0.1) is 0 Å². The van der Waals surface area contributed by atoms with Gasteiger partial charge >= 0.3 is 0 Å². The summed E-state index contributed by atoms with van der Waals surface area (Å²) in [5, 5.41) is 0. The summed E-state index contributed by atoms with van der Waals surface area (Å²) in [4.78, 5) is 0. The summed E-state index contributed by atoms with van der Waals surface area (Å²) < 4.78 is 0. The van der Waals surface area contributed by atoms with Gasteiger partial charge in [-0.25, -0.2) is 0 Å². The fourth-order valence-electron chi connectivity index (χ4n) is 0. The molecule has 0 rings (SSSR count). The van der Waals surface area contributed by atoms with Crippen molar-refractivity contribution in [2.24, 2.45) is 0 Å². The van der Waals surface area contributed by atoms with E-state index in [4.69, 9.17) is 0 Å². The molecule has 0 aromatic heterocycles. The maximum atomic E-state index is 4.00. The Bertz CT molecular complexity index is 8.75. The summed E-state index contributed by atoms with van der Waals surface area (Å²) in [5.41, 5.74) is 0. The highest BCUT2D eigenvalue weighted by molar-refractivity contribution is 14.0. The van der Waals surface area contributed by atoms with Gasteiger partial charge in [-0.15, -0.1) is 60.8 Å². The van der Waals surface area contributed by atoms with Crippen LogP contribution in [0.15, 0.2) is 0 Å². The number of hydrogen-bond acceptors (Lipinski definition) is 0. The largest absolute Gasteiger partial charge is 0.124 e. The van der Waals surface area contributed by atoms with Crippen LogP contribution in [0.25, 0.3) is 0 Å². The molecule has 0 atom stereocenters. The summed E-state index contributed by atoms with van der Waals surface area (Å²) in [6.45, 7) is 0. The molecule has 0 saturated heterocycles. The van der Waals surface area contributed by atoms with E-state index in [2.05, 4.69) is 12.8 Å². The molecule has 0 saturated carbocycles. The molecular formula is C2H4I2. The van der Waals surface area contributed by atoms with Gasteiger partial charge in [-0.2, -0.15) is 0 Å². The molecule has 4 heavy (non-hydrogen) atoms. The fraction of sp³-hybridized carbons (Fsp3) is 0. The van der Waals surface area contributed by atoms with Crippen LogP contribution in [-0.2, 0) is 0 Å². The quantitative estimate of drug-likeness (QED) is 0.466. The lowest BCUT2D eigenvalue weighted by atomic mass is 11.4. The van der Waals surface area contributed by atoms with E-state index in [9.17, 15) is 0 Å². The van der Waals surface area contributed by atoms with Gasteiger partial charge in [-0.1, -0.05) is 0 Å². The van der Waals surface area contributed by atoms with Crippen LogP contribution in [0.5, 0.6) is 0 Å². The van der Waals surface area contributed by atoms with Crippen LogP contribution in [0, 0.1) is 12.8 Å². The van der Waals surface area contributed by atoms with E-state index >= 15 is 0 Å². The number of rotatable bonds is 0. The average Bonchev–Trinajstić information content (AvgIpc) is 1.00. The van der Waals surface area contributed by atoms with Crippen LogP contribution in [0.1, 0.15) is 0 Å². The maximum absolute atomic E-state index is 4.00. The summed E-state index contributed by atoms with van der Waals surface area (Å²) in [7, 11) is 0. The van der Waals surface area contributed by atoms with Gasteiger partial charge in [0, 0.05) is 0 Å². The molecule has 0 bridgehead atoms. The highest BCUT2D eigenvalue weighted by Crippen LogP contribution is 0.887. The van der Waals surface area contributed by atoms with Gasteiger partial charge in [-0.05, 0) is 0 Å². The van der Waals surface area contributed by atoms with Crippen molar-refractivity contribution in [2.45, 2.75) is 0 Å². The Morgan fingerprint density at radius 2 is 0.750 bits per heavy atom. The molecule has 0 aliphatic heterocycles. The van der Waals surface area contributed by atoms with Crippen LogP contribution < -0.4 is 0 Å². The molecule has 0 radical (unpaired) electrons. The summed E-state index contributed by atoms with van der Waals surface area (Å²) >= 11 is 0. The second kappa shape index (κ2) is 35.2. The molecule has 0 fully saturated rings. The zero-order valence-corrected chi connectivity index (χ0v) is 6.63. The molecule has 0 aliphatic rings. The van der Waals surface area contributed by atoms with Crippen LogP contribution in [0.2, 0.25) is 0 Å². The van der Waals surface area contributed by atoms with E-state index in [1.807, 2.05) is 0 Å². The third-order valence-corrected chi connectivity index (χ3v) is 0. The van der Waals surface area contributed by atoms with Crippen molar-refractivity contribution < 1.29 is 0 Å². The van der Waals surface area contributed by atoms with Gasteiger partial charge in [0.15, 0.2) is 0 Å². The van der Waals surface area contributed by atoms with E-state index in [1.165, 1.54) is 0 Å². The predicted octanol–water partition coefficient (Wildman–Crippen LogP) is 1.49. The van der Waals surface area contributed by atoms with Crippen molar-refractivity contribution in [3.8, 4) is 12.8 Å². The topological polar surface area (TPSA) is 0 Å². The summed E-state index contributed by atoms with van der Waals surface area (Å²) in [6.07, 6.45) is 8.00. The third kappa shape index (κ3) is 11.8. The molecule has 0 aliphatic carbocycles. The lowest BCUT2D eigenvalue weighted by Crippen LogP contribution is -0.576. The lowest BCUT2D eigenvalue weighted by Gasteiger charge is -0.701. The standard InChI is InChI=1S/C2H2.2HI/c1-2;;/h1-2H;2*1H. The zero-order chi connectivity index (χ0) is 2.00. The SMILES string of the molecule is C#C.I.I. The lowest BCUT2D eigenvalue weighted by molar-refractivity contribution is 3.31. The third-order valence-electron chi connectivity index (χ3n) is 0. The number of halogens is 2. The summed E-state index contributed by atoms with van der Waals surface area (Å²) in [6, 6.07) is 0. The minimum atomic E-state index is 0. The Morgan fingerprint density at radius 1 is 0.750 bits per heavy atom. The molecule has 0 N–H and O–H groups in total. The minimum Gasteiger partial charge on any atom is -0.124 e. The number of terminal acetylenes is 1. The van der Waals surface area contributed by atoms with Gasteiger partial charge in [0.1, 0.15) is 0 Å². The van der Waals surface area contributed by atoms with Crippen molar-refractivity contribution in [2.75, 3.05) is 0 Å². The molecular weight excluding hydrogens is 278 g/mol. The van der Waals surface area contributed by atoms with Crippen molar-refractivity contribution in [1.82, 2.24) is 0 Å². The van der Waals surface area contributed by atoms with Gasteiger partial charge < -0.3 is 0 Å². The molecule has 0 nitrogen and oxygen atoms in total. The van der Waals surface area contributed by atoms with Crippen molar-refractivity contribution in [3.05, 3.63) is 0 Å². The smallest absolute Gasteiger partial charge is 0.107 e. The first-order valence-electron chi connectivity index (χ1n) is 0.333. The first kappa shape index (κ1) is 19.9. The van der Waals surface area contributed by atoms with Crippen LogP contribution >= 0.6 is 48.0 Å². The first-order valence-corrected chi connectivity index (χ1v) is 0.333. The fourth-order valence-corrected chi connectivity index (χ4v) is 0. The molecule has 0 heterocycles. The second-order valence-corrected chi connectivity index (χ2v) is 0. The maximum Gasteiger partial charge on any atom is -0.107 e. The van der Waals surface area contributed by atoms with Crippen molar-refractivity contribution >= 4 is 48.0 Å². The Hall–Kier alpha value is 1.02. The van der Waals surface area contributed by atoms with Crippen LogP contribution in [-0.4, -0.2) is 0 Å². The van der Waals surface area contributed by atoms with Gasteiger partial charge in [0.25, 0.3) is 0 Å². The molecule has 0 spiro atoms. The van der Waals surface area contributed by atoms with Gasteiger partial charge in [0.2, 0.25) is 0 Å². The van der Waals surface area contributed by atoms with Crippen molar-refractivity contribution in [1.29, 1.82) is 0 Å². The molecule has 26 valence electrons. The molecule has 0 unspecified atom stereocenters. The van der Waals surface area contributed by atoms with E-state index in [0.717, 1.165) is 0 Å². The predicted molar refractivity (Wildman–Crippen MR) is 40.7 cm³/mol. The Balaban J connectivity index is -0.00000000500. The van der Waals surface area contributed by atoms with Gasteiger partial charge in [-0.3, -0.25) is 0 Å². The molecule has 0 aromatic carbocycles. The second-order valence-electron chi connectivity index (χ2n) is 0. The van der Waals surface area contributed by atoms with E-state index in [1.54, 1.807) is 0 Å².